The Morgan fingerprint density at radius 1 is 1.07 bits per heavy atom. The standard InChI is InChI=1S/C18H19FN2O4S2/c19-14-1-5-16(6-2-14)26-13-18(22)20-15-3-7-17(8-4-15)27(23,24)21-9-11-25-12-10-21/h1-8H,9-13H2,(H,20,22). The minimum absolute atomic E-state index is 0.166. The van der Waals surface area contributed by atoms with E-state index in [4.69, 9.17) is 4.74 Å². The van der Waals surface area contributed by atoms with E-state index in [1.807, 2.05) is 0 Å². The van der Waals surface area contributed by atoms with Crippen molar-refractivity contribution in [2.24, 2.45) is 0 Å². The number of hydrogen-bond donors (Lipinski definition) is 1. The molecule has 1 aliphatic heterocycles. The lowest BCUT2D eigenvalue weighted by Gasteiger charge is -2.26. The van der Waals surface area contributed by atoms with Gasteiger partial charge in [0, 0.05) is 23.7 Å². The van der Waals surface area contributed by atoms with Gasteiger partial charge in [0.15, 0.2) is 0 Å². The topological polar surface area (TPSA) is 75.7 Å². The van der Waals surface area contributed by atoms with Crippen molar-refractivity contribution in [3.63, 3.8) is 0 Å². The van der Waals surface area contributed by atoms with Crippen LogP contribution in [-0.2, 0) is 19.6 Å². The lowest BCUT2D eigenvalue weighted by Crippen LogP contribution is -2.40. The van der Waals surface area contributed by atoms with E-state index in [0.717, 1.165) is 4.90 Å². The number of sulfonamides is 1. The molecule has 6 nitrogen and oxygen atoms in total. The van der Waals surface area contributed by atoms with Gasteiger partial charge in [0.05, 0.1) is 23.9 Å². The summed E-state index contributed by atoms with van der Waals surface area (Å²) in [5.74, 6) is -0.386. The van der Waals surface area contributed by atoms with Crippen LogP contribution in [0.25, 0.3) is 0 Å². The van der Waals surface area contributed by atoms with E-state index < -0.39 is 10.0 Å². The molecule has 3 rings (SSSR count). The molecule has 0 atom stereocenters. The SMILES string of the molecule is O=C(CSc1ccc(F)cc1)Nc1ccc(S(=O)(=O)N2CCOCC2)cc1. The zero-order chi connectivity index (χ0) is 19.3. The predicted octanol–water partition coefficient (Wildman–Crippen LogP) is 2.58. The Hall–Kier alpha value is -1.94. The average Bonchev–Trinajstić information content (AvgIpc) is 2.69. The van der Waals surface area contributed by atoms with Crippen LogP contribution in [0.15, 0.2) is 58.3 Å². The number of nitrogens with one attached hydrogen (secondary N) is 1. The van der Waals surface area contributed by atoms with Crippen LogP contribution < -0.4 is 5.32 Å². The highest BCUT2D eigenvalue weighted by Crippen LogP contribution is 2.21. The molecule has 0 aromatic heterocycles. The fourth-order valence-corrected chi connectivity index (χ4v) is 4.63. The molecule has 1 N–H and O–H groups in total. The van der Waals surface area contributed by atoms with Crippen molar-refractivity contribution in [3.05, 3.63) is 54.3 Å². The van der Waals surface area contributed by atoms with Gasteiger partial charge in [-0.25, -0.2) is 12.8 Å². The minimum atomic E-state index is -3.55. The zero-order valence-electron chi connectivity index (χ0n) is 14.4. The number of hydrogen-bond acceptors (Lipinski definition) is 5. The molecule has 1 saturated heterocycles. The number of halogens is 1. The second kappa shape index (κ2) is 8.83. The average molecular weight is 410 g/mol. The quantitative estimate of drug-likeness (QED) is 0.741. The molecule has 0 unspecified atom stereocenters. The molecule has 1 fully saturated rings. The lowest BCUT2D eigenvalue weighted by atomic mass is 10.3. The van der Waals surface area contributed by atoms with Gasteiger partial charge in [-0.1, -0.05) is 0 Å². The third kappa shape index (κ3) is 5.29. The fraction of sp³-hybridized carbons (Fsp3) is 0.278. The first-order valence-electron chi connectivity index (χ1n) is 8.31. The van der Waals surface area contributed by atoms with Crippen LogP contribution in [0, 0.1) is 5.82 Å². The first kappa shape index (κ1) is 19.8. The molecule has 0 aliphatic carbocycles. The molecule has 27 heavy (non-hydrogen) atoms. The second-order valence-corrected chi connectivity index (χ2v) is 8.82. The normalized spacial score (nSPS) is 15.4. The number of morpholine rings is 1. The summed E-state index contributed by atoms with van der Waals surface area (Å²) in [6.45, 7) is 1.45. The van der Waals surface area contributed by atoms with E-state index >= 15 is 0 Å². The highest BCUT2D eigenvalue weighted by atomic mass is 32.2. The molecular formula is C18H19FN2O4S2. The van der Waals surface area contributed by atoms with Crippen molar-refractivity contribution in [2.75, 3.05) is 37.4 Å². The fourth-order valence-electron chi connectivity index (χ4n) is 2.52. The van der Waals surface area contributed by atoms with Crippen LogP contribution in [-0.4, -0.2) is 50.7 Å². The van der Waals surface area contributed by atoms with E-state index in [-0.39, 0.29) is 22.4 Å². The van der Waals surface area contributed by atoms with Gasteiger partial charge >= 0.3 is 0 Å². The van der Waals surface area contributed by atoms with Crippen molar-refractivity contribution >= 4 is 33.4 Å². The molecule has 0 spiro atoms. The molecule has 1 aliphatic rings. The largest absolute Gasteiger partial charge is 0.379 e. The van der Waals surface area contributed by atoms with Gasteiger partial charge in [-0.2, -0.15) is 4.31 Å². The van der Waals surface area contributed by atoms with Crippen LogP contribution in [0.4, 0.5) is 10.1 Å². The van der Waals surface area contributed by atoms with Gasteiger partial charge in [0.25, 0.3) is 0 Å². The first-order valence-corrected chi connectivity index (χ1v) is 10.7. The number of nitrogens with zero attached hydrogens (tertiary/aromatic N) is 1. The monoisotopic (exact) mass is 410 g/mol. The first-order chi connectivity index (χ1) is 12.9. The van der Waals surface area contributed by atoms with Gasteiger partial charge in [-0.15, -0.1) is 11.8 Å². The Bertz CT molecular complexity index is 881. The minimum Gasteiger partial charge on any atom is -0.379 e. The molecule has 0 radical (unpaired) electrons. The maximum Gasteiger partial charge on any atom is 0.243 e. The Kier molecular flexibility index (Phi) is 6.48. The number of carbonyl (C=O) groups is 1. The van der Waals surface area contributed by atoms with Crippen molar-refractivity contribution in [1.82, 2.24) is 4.31 Å². The molecule has 2 aromatic carbocycles. The zero-order valence-corrected chi connectivity index (χ0v) is 16.1. The van der Waals surface area contributed by atoms with E-state index in [2.05, 4.69) is 5.32 Å². The van der Waals surface area contributed by atoms with E-state index in [1.165, 1.54) is 40.3 Å². The van der Waals surface area contributed by atoms with Gasteiger partial charge < -0.3 is 10.1 Å². The van der Waals surface area contributed by atoms with Crippen LogP contribution in [0.2, 0.25) is 0 Å². The van der Waals surface area contributed by atoms with Gasteiger partial charge in [0.2, 0.25) is 15.9 Å². The highest BCUT2D eigenvalue weighted by Gasteiger charge is 2.26. The summed E-state index contributed by atoms with van der Waals surface area (Å²) in [6, 6.07) is 12.0. The summed E-state index contributed by atoms with van der Waals surface area (Å²) in [5, 5.41) is 2.72. The molecule has 0 saturated carbocycles. The Morgan fingerprint density at radius 3 is 2.33 bits per heavy atom. The number of carbonyl (C=O) groups excluding carboxylic acids is 1. The Labute approximate surface area is 161 Å². The predicted molar refractivity (Wildman–Crippen MR) is 102 cm³/mol. The Morgan fingerprint density at radius 2 is 1.70 bits per heavy atom. The van der Waals surface area contributed by atoms with Crippen molar-refractivity contribution in [1.29, 1.82) is 0 Å². The number of benzene rings is 2. The molecular weight excluding hydrogens is 391 g/mol. The third-order valence-corrected chi connectivity index (χ3v) is 6.85. The van der Waals surface area contributed by atoms with Gasteiger partial charge in [-0.05, 0) is 48.5 Å². The summed E-state index contributed by atoms with van der Waals surface area (Å²) < 4.78 is 44.6. The summed E-state index contributed by atoms with van der Waals surface area (Å²) in [4.78, 5) is 13.0. The van der Waals surface area contributed by atoms with Crippen LogP contribution in [0.5, 0.6) is 0 Å². The van der Waals surface area contributed by atoms with Gasteiger partial charge in [-0.3, -0.25) is 4.79 Å². The van der Waals surface area contributed by atoms with Crippen LogP contribution in [0.1, 0.15) is 0 Å². The lowest BCUT2D eigenvalue weighted by molar-refractivity contribution is -0.113. The summed E-state index contributed by atoms with van der Waals surface area (Å²) in [6.07, 6.45) is 0. The van der Waals surface area contributed by atoms with Crippen LogP contribution >= 0.6 is 11.8 Å². The van der Waals surface area contributed by atoms with Crippen LogP contribution in [0.3, 0.4) is 0 Å². The van der Waals surface area contributed by atoms with Crippen molar-refractivity contribution in [2.45, 2.75) is 9.79 Å². The number of anilines is 1. The molecule has 9 heteroatoms. The molecule has 1 heterocycles. The molecule has 0 bridgehead atoms. The maximum absolute atomic E-state index is 12.9. The smallest absolute Gasteiger partial charge is 0.243 e. The molecule has 1 amide bonds. The van der Waals surface area contributed by atoms with Gasteiger partial charge in [0.1, 0.15) is 5.82 Å². The summed E-state index contributed by atoms with van der Waals surface area (Å²) in [7, 11) is -3.55. The second-order valence-electron chi connectivity index (χ2n) is 5.83. The molecule has 144 valence electrons. The summed E-state index contributed by atoms with van der Waals surface area (Å²) in [5.41, 5.74) is 0.514. The number of thioether (sulfide) groups is 1. The number of amides is 1. The maximum atomic E-state index is 12.9. The van der Waals surface area contributed by atoms with E-state index in [1.54, 1.807) is 24.3 Å². The van der Waals surface area contributed by atoms with E-state index in [0.29, 0.717) is 32.0 Å². The number of ether oxygens (including phenoxy) is 1. The summed E-state index contributed by atoms with van der Waals surface area (Å²) >= 11 is 1.29. The third-order valence-electron chi connectivity index (χ3n) is 3.93. The molecule has 2 aromatic rings. The van der Waals surface area contributed by atoms with Crippen molar-refractivity contribution < 1.29 is 22.3 Å². The van der Waals surface area contributed by atoms with E-state index in [9.17, 15) is 17.6 Å². The number of rotatable bonds is 6. The van der Waals surface area contributed by atoms with Crippen molar-refractivity contribution in [3.8, 4) is 0 Å². The Balaban J connectivity index is 1.56. The highest BCUT2D eigenvalue weighted by molar-refractivity contribution is 8.00.